The zero-order chi connectivity index (χ0) is 11.4. The first-order chi connectivity index (χ1) is 6.12. The lowest BCUT2D eigenvalue weighted by atomic mass is 10.5. The summed E-state index contributed by atoms with van der Waals surface area (Å²) in [5.41, 5.74) is 0. The minimum Gasteiger partial charge on any atom is -0.330 e. The van der Waals surface area contributed by atoms with Crippen LogP contribution in [0.25, 0.3) is 0 Å². The van der Waals surface area contributed by atoms with Crippen molar-refractivity contribution in [1.82, 2.24) is 0 Å². The highest BCUT2D eigenvalue weighted by atomic mass is 32.7. The maximum Gasteiger partial charge on any atom is 0.255 e. The molecule has 0 unspecified atom stereocenters. The molecule has 0 aliphatic heterocycles. The van der Waals surface area contributed by atoms with Crippen molar-refractivity contribution in [3.63, 3.8) is 0 Å². The first kappa shape index (κ1) is 14.5. The Morgan fingerprint density at radius 2 is 1.86 bits per heavy atom. The van der Waals surface area contributed by atoms with Crippen LogP contribution >= 0.6 is 18.0 Å². The lowest BCUT2D eigenvalue weighted by Crippen LogP contribution is -2.36. The van der Waals surface area contributed by atoms with Gasteiger partial charge in [-0.25, -0.2) is 0 Å². The topological polar surface area (TPSA) is 26.3 Å². The fraction of sp³-hybridized carbons (Fsp3) is 1.00. The van der Waals surface area contributed by atoms with Crippen LogP contribution in [0.2, 0.25) is 0 Å². The lowest BCUT2D eigenvalue weighted by Gasteiger charge is -2.24. The minimum atomic E-state index is -2.43. The van der Waals surface area contributed by atoms with Gasteiger partial charge in [0.1, 0.15) is 0 Å². The monoisotopic (exact) mass is 240 g/mol. The Labute approximate surface area is 92.0 Å². The van der Waals surface area contributed by atoms with Gasteiger partial charge in [0.05, 0.1) is 39.5 Å². The van der Waals surface area contributed by atoms with Crippen LogP contribution in [-0.2, 0) is 9.09 Å². The van der Waals surface area contributed by atoms with Gasteiger partial charge in [-0.3, -0.25) is 4.57 Å². The Morgan fingerprint density at radius 3 is 2.21 bits per heavy atom. The molecule has 0 aromatic carbocycles. The molecule has 0 amide bonds. The van der Waals surface area contributed by atoms with Gasteiger partial charge >= 0.3 is 0 Å². The largest absolute Gasteiger partial charge is 0.330 e. The fourth-order valence-electron chi connectivity index (χ4n) is 0.894. The van der Waals surface area contributed by atoms with E-state index in [1.165, 1.54) is 11.4 Å². The van der Waals surface area contributed by atoms with E-state index in [-0.39, 0.29) is 6.10 Å². The third-order valence-electron chi connectivity index (χ3n) is 1.49. The SMILES string of the molecule is CC(C)O[P@](C)(=O)SCC[N+](C)(C)C. The average Bonchev–Trinajstić information content (AvgIpc) is 1.78. The van der Waals surface area contributed by atoms with E-state index in [4.69, 9.17) is 4.52 Å². The van der Waals surface area contributed by atoms with Crippen molar-refractivity contribution >= 4 is 18.0 Å². The molecule has 0 aromatic heterocycles. The number of quaternary nitrogens is 1. The van der Waals surface area contributed by atoms with Gasteiger partial charge in [-0.2, -0.15) is 0 Å². The number of nitrogens with zero attached hydrogens (tertiary/aromatic N) is 1. The van der Waals surface area contributed by atoms with E-state index in [0.717, 1.165) is 16.8 Å². The average molecular weight is 240 g/mol. The number of hydrogen-bond donors (Lipinski definition) is 0. The van der Waals surface area contributed by atoms with Crippen LogP contribution in [0.3, 0.4) is 0 Å². The molecule has 0 fully saturated rings. The van der Waals surface area contributed by atoms with Crippen molar-refractivity contribution in [1.29, 1.82) is 0 Å². The molecule has 14 heavy (non-hydrogen) atoms. The molecule has 86 valence electrons. The highest BCUT2D eigenvalue weighted by Gasteiger charge is 2.19. The van der Waals surface area contributed by atoms with Crippen molar-refractivity contribution in [2.75, 3.05) is 40.1 Å². The van der Waals surface area contributed by atoms with Gasteiger partial charge in [-0.1, -0.05) is 11.4 Å². The summed E-state index contributed by atoms with van der Waals surface area (Å²) in [6.07, 6.45) is 0.0439. The zero-order valence-corrected chi connectivity index (χ0v) is 11.8. The summed E-state index contributed by atoms with van der Waals surface area (Å²) in [5.74, 6) is 0.879. The van der Waals surface area contributed by atoms with Crippen LogP contribution in [0.15, 0.2) is 0 Å². The van der Waals surface area contributed by atoms with E-state index in [2.05, 4.69) is 21.1 Å². The van der Waals surface area contributed by atoms with Gasteiger partial charge < -0.3 is 9.01 Å². The summed E-state index contributed by atoms with van der Waals surface area (Å²) in [5, 5.41) is 0. The predicted octanol–water partition coefficient (Wildman–Crippen LogP) is 2.67. The smallest absolute Gasteiger partial charge is 0.255 e. The summed E-state index contributed by atoms with van der Waals surface area (Å²) in [6, 6.07) is 0. The van der Waals surface area contributed by atoms with E-state index >= 15 is 0 Å². The molecule has 0 radical (unpaired) electrons. The molecule has 0 aliphatic carbocycles. The molecule has 0 spiro atoms. The highest BCUT2D eigenvalue weighted by molar-refractivity contribution is 8.56. The van der Waals surface area contributed by atoms with Gasteiger partial charge in [-0.15, -0.1) is 0 Å². The van der Waals surface area contributed by atoms with Crippen molar-refractivity contribution < 1.29 is 13.6 Å². The van der Waals surface area contributed by atoms with Crippen LogP contribution in [-0.4, -0.2) is 50.7 Å². The zero-order valence-electron chi connectivity index (χ0n) is 10.1. The molecule has 0 rings (SSSR count). The molecular formula is C9H23NO2PS+. The molecule has 0 aliphatic rings. The van der Waals surface area contributed by atoms with Crippen LogP contribution in [0.5, 0.6) is 0 Å². The van der Waals surface area contributed by atoms with E-state index in [1.807, 2.05) is 13.8 Å². The van der Waals surface area contributed by atoms with Crippen molar-refractivity contribution in [2.24, 2.45) is 0 Å². The lowest BCUT2D eigenvalue weighted by molar-refractivity contribution is -0.867. The quantitative estimate of drug-likeness (QED) is 0.527. The van der Waals surface area contributed by atoms with E-state index < -0.39 is 6.57 Å². The molecular weight excluding hydrogens is 217 g/mol. The van der Waals surface area contributed by atoms with Gasteiger partial charge in [0.15, 0.2) is 0 Å². The van der Waals surface area contributed by atoms with Crippen molar-refractivity contribution in [2.45, 2.75) is 20.0 Å². The Kier molecular flexibility index (Phi) is 5.75. The van der Waals surface area contributed by atoms with Crippen molar-refractivity contribution in [3.8, 4) is 0 Å². The Bertz CT molecular complexity index is 213. The van der Waals surface area contributed by atoms with E-state index in [0.29, 0.717) is 0 Å². The molecule has 0 N–H and O–H groups in total. The second-order valence-electron chi connectivity index (χ2n) is 4.77. The van der Waals surface area contributed by atoms with Gasteiger partial charge in [0.25, 0.3) is 6.57 Å². The highest BCUT2D eigenvalue weighted by Crippen LogP contribution is 2.56. The molecule has 0 heterocycles. The molecule has 0 saturated heterocycles. The van der Waals surface area contributed by atoms with Crippen molar-refractivity contribution in [3.05, 3.63) is 0 Å². The molecule has 0 bridgehead atoms. The summed E-state index contributed by atoms with van der Waals surface area (Å²) in [6.45, 7) is 4.10. The van der Waals surface area contributed by atoms with E-state index in [9.17, 15) is 4.57 Å². The van der Waals surface area contributed by atoms with Crippen LogP contribution in [0, 0.1) is 0 Å². The first-order valence-corrected chi connectivity index (χ1v) is 8.49. The van der Waals surface area contributed by atoms with Crippen LogP contribution in [0.4, 0.5) is 0 Å². The second-order valence-corrected chi connectivity index (χ2v) is 9.96. The Balaban J connectivity index is 3.83. The molecule has 0 saturated carbocycles. The van der Waals surface area contributed by atoms with E-state index in [1.54, 1.807) is 6.66 Å². The summed E-state index contributed by atoms with van der Waals surface area (Å²) < 4.78 is 18.1. The summed E-state index contributed by atoms with van der Waals surface area (Å²) in [4.78, 5) is 0. The van der Waals surface area contributed by atoms with Gasteiger partial charge in [0, 0.05) is 6.66 Å². The summed E-state index contributed by atoms with van der Waals surface area (Å²) >= 11 is 1.45. The van der Waals surface area contributed by atoms with Crippen LogP contribution < -0.4 is 0 Å². The predicted molar refractivity (Wildman–Crippen MR) is 65.1 cm³/mol. The normalized spacial score (nSPS) is 17.1. The number of hydrogen-bond acceptors (Lipinski definition) is 3. The Hall–Kier alpha value is 0.500. The first-order valence-electron chi connectivity index (χ1n) is 4.83. The Morgan fingerprint density at radius 1 is 1.36 bits per heavy atom. The molecule has 3 nitrogen and oxygen atoms in total. The fourth-order valence-corrected chi connectivity index (χ4v) is 4.62. The second kappa shape index (κ2) is 5.55. The van der Waals surface area contributed by atoms with Gasteiger partial charge in [0.2, 0.25) is 0 Å². The number of rotatable bonds is 6. The summed E-state index contributed by atoms with van der Waals surface area (Å²) in [7, 11) is 6.39. The third kappa shape index (κ3) is 9.07. The standard InChI is InChI=1S/C9H23NO2PS/c1-9(2)12-13(6,11)14-8-7-10(3,4)5/h9H,7-8H2,1-6H3/q+1/t13-/m0/s1. The maximum absolute atomic E-state index is 11.8. The third-order valence-corrected chi connectivity index (χ3v) is 5.34. The molecule has 5 heteroatoms. The van der Waals surface area contributed by atoms with Crippen LogP contribution in [0.1, 0.15) is 13.8 Å². The van der Waals surface area contributed by atoms with Gasteiger partial charge in [-0.05, 0) is 13.8 Å². The maximum atomic E-state index is 11.8. The molecule has 1 atom stereocenters. The molecule has 0 aromatic rings. The minimum absolute atomic E-state index is 0.0439.